The zero-order valence-electron chi connectivity index (χ0n) is 32.6. The Kier molecular flexibility index (Phi) is 6.93. The Morgan fingerprint density at radius 3 is 1.90 bits per heavy atom. The molecule has 10 aromatic carbocycles. The summed E-state index contributed by atoms with van der Waals surface area (Å²) in [6, 6.07) is 79.8. The minimum Gasteiger partial charge on any atom is -0.457 e. The van der Waals surface area contributed by atoms with Gasteiger partial charge in [-0.2, -0.15) is 0 Å². The molecule has 60 heavy (non-hydrogen) atoms. The molecular formula is C57H36N2O. The summed E-state index contributed by atoms with van der Waals surface area (Å²) in [7, 11) is 0. The van der Waals surface area contributed by atoms with Gasteiger partial charge in [0.1, 0.15) is 11.5 Å². The highest BCUT2D eigenvalue weighted by atomic mass is 16.5. The van der Waals surface area contributed by atoms with Crippen LogP contribution in [-0.2, 0) is 5.41 Å². The van der Waals surface area contributed by atoms with E-state index in [1.807, 2.05) is 0 Å². The molecule has 11 aromatic rings. The van der Waals surface area contributed by atoms with Gasteiger partial charge in [0.05, 0.1) is 16.4 Å². The lowest BCUT2D eigenvalue weighted by atomic mass is 9.58. The maximum Gasteiger partial charge on any atom is 0.132 e. The predicted molar refractivity (Wildman–Crippen MR) is 248 cm³/mol. The predicted octanol–water partition coefficient (Wildman–Crippen LogP) is 15.0. The highest BCUT2D eigenvalue weighted by molar-refractivity contribution is 6.11. The minimum absolute atomic E-state index is 0.649. The molecule has 0 radical (unpaired) electrons. The van der Waals surface area contributed by atoms with Crippen LogP contribution in [0.4, 0.5) is 17.1 Å². The SMILES string of the molecule is c1ccc(-n2c3ccccc3c3ccc(N(c4ccc5c(c4)C4(c6ccccc6O5)c5ccccc5-c5cccc6cccc4c56)c4ccc5ccccc5c4)cc32)cc1. The van der Waals surface area contributed by atoms with Gasteiger partial charge >= 0.3 is 0 Å². The van der Waals surface area contributed by atoms with E-state index < -0.39 is 5.41 Å². The normalized spacial score (nSPS) is 14.9. The lowest BCUT2D eigenvalue weighted by Crippen LogP contribution is -2.36. The third-order valence-corrected chi connectivity index (χ3v) is 13.0. The van der Waals surface area contributed by atoms with Crippen molar-refractivity contribution >= 4 is 60.4 Å². The van der Waals surface area contributed by atoms with Gasteiger partial charge < -0.3 is 14.2 Å². The topological polar surface area (TPSA) is 17.4 Å². The second kappa shape index (κ2) is 12.6. The number of benzene rings is 10. The lowest BCUT2D eigenvalue weighted by Gasteiger charge is -2.45. The lowest BCUT2D eigenvalue weighted by molar-refractivity contribution is 0.435. The molecule has 280 valence electrons. The third-order valence-electron chi connectivity index (χ3n) is 13.0. The third kappa shape index (κ3) is 4.54. The van der Waals surface area contributed by atoms with E-state index in [0.717, 1.165) is 50.9 Å². The summed E-state index contributed by atoms with van der Waals surface area (Å²) < 4.78 is 9.34. The molecule has 1 unspecified atom stereocenters. The molecule has 1 atom stereocenters. The Labute approximate surface area is 347 Å². The van der Waals surface area contributed by atoms with Crippen LogP contribution in [0, 0.1) is 0 Å². The van der Waals surface area contributed by atoms with Gasteiger partial charge in [0.15, 0.2) is 0 Å². The largest absolute Gasteiger partial charge is 0.457 e. The van der Waals surface area contributed by atoms with Gasteiger partial charge in [-0.1, -0.05) is 152 Å². The maximum atomic E-state index is 6.94. The van der Waals surface area contributed by atoms with E-state index in [2.05, 4.69) is 228 Å². The number of anilines is 3. The molecule has 3 heteroatoms. The van der Waals surface area contributed by atoms with Gasteiger partial charge in [-0.25, -0.2) is 0 Å². The highest BCUT2D eigenvalue weighted by Crippen LogP contribution is 2.61. The second-order valence-electron chi connectivity index (χ2n) is 16.0. The van der Waals surface area contributed by atoms with Gasteiger partial charge in [-0.15, -0.1) is 0 Å². The molecule has 0 saturated heterocycles. The highest BCUT2D eigenvalue weighted by Gasteiger charge is 2.49. The molecule has 0 N–H and O–H groups in total. The molecule has 0 bridgehead atoms. The fourth-order valence-corrected chi connectivity index (χ4v) is 10.5. The Hall–Kier alpha value is -7.88. The van der Waals surface area contributed by atoms with Crippen LogP contribution in [0.3, 0.4) is 0 Å². The van der Waals surface area contributed by atoms with Gasteiger partial charge in [-0.3, -0.25) is 0 Å². The smallest absolute Gasteiger partial charge is 0.132 e. The number of hydrogen-bond acceptors (Lipinski definition) is 2. The minimum atomic E-state index is -0.649. The number of aromatic nitrogens is 1. The monoisotopic (exact) mass is 764 g/mol. The second-order valence-corrected chi connectivity index (χ2v) is 16.0. The fraction of sp³-hybridized carbons (Fsp3) is 0.0175. The molecule has 1 spiro atoms. The molecule has 0 fully saturated rings. The van der Waals surface area contributed by atoms with Crippen molar-refractivity contribution in [3.63, 3.8) is 0 Å². The van der Waals surface area contributed by atoms with Crippen molar-refractivity contribution in [2.45, 2.75) is 5.41 Å². The Bertz CT molecular complexity index is 3540. The number of rotatable bonds is 4. The summed E-state index contributed by atoms with van der Waals surface area (Å²) in [6.45, 7) is 0. The Morgan fingerprint density at radius 1 is 0.367 bits per heavy atom. The zero-order chi connectivity index (χ0) is 39.4. The van der Waals surface area contributed by atoms with Crippen LogP contribution in [0.1, 0.15) is 22.3 Å². The molecule has 1 aliphatic carbocycles. The molecule has 2 heterocycles. The van der Waals surface area contributed by atoms with Crippen molar-refractivity contribution in [2.24, 2.45) is 0 Å². The quantitative estimate of drug-likeness (QED) is 0.178. The van der Waals surface area contributed by atoms with E-state index in [9.17, 15) is 0 Å². The Morgan fingerprint density at radius 2 is 0.983 bits per heavy atom. The number of para-hydroxylation sites is 3. The summed E-state index contributed by atoms with van der Waals surface area (Å²) in [4.78, 5) is 2.43. The van der Waals surface area contributed by atoms with E-state index in [0.29, 0.717) is 0 Å². The van der Waals surface area contributed by atoms with Crippen molar-refractivity contribution in [3.05, 3.63) is 241 Å². The zero-order valence-corrected chi connectivity index (χ0v) is 32.6. The maximum absolute atomic E-state index is 6.94. The summed E-state index contributed by atoms with van der Waals surface area (Å²) >= 11 is 0. The van der Waals surface area contributed by atoms with E-state index in [1.165, 1.54) is 60.1 Å². The first-order valence-electron chi connectivity index (χ1n) is 20.7. The first-order chi connectivity index (χ1) is 29.8. The molecule has 0 amide bonds. The summed E-state index contributed by atoms with van der Waals surface area (Å²) in [5, 5.41) is 7.38. The van der Waals surface area contributed by atoms with Gasteiger partial charge in [0, 0.05) is 44.6 Å². The van der Waals surface area contributed by atoms with Crippen molar-refractivity contribution in [1.82, 2.24) is 4.57 Å². The average Bonchev–Trinajstić information content (AvgIpc) is 3.64. The van der Waals surface area contributed by atoms with E-state index in [4.69, 9.17) is 4.74 Å². The van der Waals surface area contributed by atoms with Crippen molar-refractivity contribution < 1.29 is 4.74 Å². The molecule has 1 aliphatic heterocycles. The molecule has 3 nitrogen and oxygen atoms in total. The van der Waals surface area contributed by atoms with Crippen molar-refractivity contribution in [1.29, 1.82) is 0 Å². The van der Waals surface area contributed by atoms with Crippen molar-refractivity contribution in [3.8, 4) is 28.3 Å². The van der Waals surface area contributed by atoms with Crippen LogP contribution in [0.2, 0.25) is 0 Å². The van der Waals surface area contributed by atoms with Crippen LogP contribution in [0.15, 0.2) is 218 Å². The summed E-state index contributed by atoms with van der Waals surface area (Å²) in [5.41, 5.74) is 13.4. The van der Waals surface area contributed by atoms with Gasteiger partial charge in [0.25, 0.3) is 0 Å². The fourth-order valence-electron chi connectivity index (χ4n) is 10.5. The standard InChI is InChI=1S/C57H36N2O/c1-2-18-40(19-3-1)59-52-26-10-7-21-45(52)46-32-30-43(36-53(46)59)58(41-29-28-37-14-4-5-15-39(37)34-41)42-31-33-55-51(35-42)57(49-24-9-11-27-54(49)60-55)48-23-8-6-20-44(48)47-22-12-16-38-17-13-25-50(57)56(38)47/h1-36H. The first kappa shape index (κ1) is 33.1. The van der Waals surface area contributed by atoms with Crippen LogP contribution < -0.4 is 9.64 Å². The van der Waals surface area contributed by atoms with Gasteiger partial charge in [0.2, 0.25) is 0 Å². The van der Waals surface area contributed by atoms with Crippen molar-refractivity contribution in [2.75, 3.05) is 4.90 Å². The molecular weight excluding hydrogens is 729 g/mol. The van der Waals surface area contributed by atoms with E-state index in [1.54, 1.807) is 0 Å². The van der Waals surface area contributed by atoms with E-state index in [-0.39, 0.29) is 0 Å². The molecule has 13 rings (SSSR count). The summed E-state index contributed by atoms with van der Waals surface area (Å²) in [5.74, 6) is 1.75. The molecule has 1 aromatic heterocycles. The Balaban J connectivity index is 1.12. The number of fused-ring (bicyclic) bond motifs is 12. The number of nitrogens with zero attached hydrogens (tertiary/aromatic N) is 2. The van der Waals surface area contributed by atoms with Crippen LogP contribution >= 0.6 is 0 Å². The average molecular weight is 765 g/mol. The van der Waals surface area contributed by atoms with Gasteiger partial charge in [-0.05, 0) is 111 Å². The van der Waals surface area contributed by atoms with Crippen LogP contribution in [0.25, 0.3) is 60.2 Å². The summed E-state index contributed by atoms with van der Waals surface area (Å²) in [6.07, 6.45) is 0. The first-order valence-corrected chi connectivity index (χ1v) is 20.7. The molecule has 0 saturated carbocycles. The number of hydrogen-bond donors (Lipinski definition) is 0. The van der Waals surface area contributed by atoms with E-state index >= 15 is 0 Å². The number of ether oxygens (including phenoxy) is 1. The molecule has 2 aliphatic rings. The van der Waals surface area contributed by atoms with Crippen LogP contribution in [-0.4, -0.2) is 4.57 Å². The van der Waals surface area contributed by atoms with Crippen LogP contribution in [0.5, 0.6) is 11.5 Å².